The number of hydrogen-bond acceptors (Lipinski definition) is 2. The predicted octanol–water partition coefficient (Wildman–Crippen LogP) is -0.225. The van der Waals surface area contributed by atoms with Crippen LogP contribution in [0.4, 0.5) is 0 Å². The smallest absolute Gasteiger partial charge is 0.00213 e. The van der Waals surface area contributed by atoms with Crippen LogP contribution in [0.1, 0.15) is 25.7 Å². The lowest BCUT2D eigenvalue weighted by Crippen LogP contribution is -2.10. The Balaban J connectivity index is 0. The van der Waals surface area contributed by atoms with E-state index in [1.54, 1.807) is 0 Å². The van der Waals surface area contributed by atoms with Gasteiger partial charge in [0.2, 0.25) is 0 Å². The van der Waals surface area contributed by atoms with Crippen LogP contribution in [-0.2, 0) is 0 Å². The molecule has 4 heteroatoms. The van der Waals surface area contributed by atoms with Crippen molar-refractivity contribution in [2.24, 2.45) is 0 Å². The highest BCUT2D eigenvalue weighted by atomic mass is 16.0. The van der Waals surface area contributed by atoms with Gasteiger partial charge in [0.05, 0.1) is 0 Å². The molecule has 0 unspecified atom stereocenters. The first-order chi connectivity index (χ1) is 5.79. The lowest BCUT2D eigenvalue weighted by molar-refractivity contribution is 0.418. The second-order valence-corrected chi connectivity index (χ2v) is 4.02. The Hall–Kier alpha value is -0.160. The van der Waals surface area contributed by atoms with Gasteiger partial charge >= 0.3 is 0 Å². The largest absolute Gasteiger partial charge is 0.412 e. The lowest BCUT2D eigenvalue weighted by atomic mass is 10.4. The van der Waals surface area contributed by atoms with Gasteiger partial charge in [0.25, 0.3) is 0 Å². The minimum atomic E-state index is 0. The Labute approximate surface area is 87.5 Å². The summed E-state index contributed by atoms with van der Waals surface area (Å²) in [6.45, 7) is 5.28. The van der Waals surface area contributed by atoms with Crippen molar-refractivity contribution in [3.05, 3.63) is 0 Å². The summed E-state index contributed by atoms with van der Waals surface area (Å²) >= 11 is 0. The summed E-state index contributed by atoms with van der Waals surface area (Å²) in [4.78, 5) is 4.72. The fraction of sp³-hybridized carbons (Fsp3) is 1.00. The Kier molecular flexibility index (Phi) is 10.9. The maximum absolute atomic E-state index is 2.36. The van der Waals surface area contributed by atoms with Crippen molar-refractivity contribution < 1.29 is 11.0 Å². The van der Waals surface area contributed by atoms with Gasteiger partial charge in [0.15, 0.2) is 0 Å². The van der Waals surface area contributed by atoms with E-state index < -0.39 is 0 Å². The highest BCUT2D eigenvalue weighted by Gasteiger charge is 2.03. The summed E-state index contributed by atoms with van der Waals surface area (Å²) in [5, 5.41) is 0. The molecule has 0 radical (unpaired) electrons. The molecule has 14 heavy (non-hydrogen) atoms. The topological polar surface area (TPSA) is 69.5 Å². The summed E-state index contributed by atoms with van der Waals surface area (Å²) < 4.78 is 0. The second-order valence-electron chi connectivity index (χ2n) is 4.02. The normalized spacial score (nSPS) is 21.9. The molecule has 0 aromatic carbocycles. The average molecular weight is 206 g/mol. The molecule has 2 saturated heterocycles. The number of likely N-dealkylation sites (tertiary alicyclic amines) is 2. The van der Waals surface area contributed by atoms with Gasteiger partial charge in [0, 0.05) is 0 Å². The monoisotopic (exact) mass is 206 g/mol. The standard InChI is InChI=1S/2C5H11N.2H2O/c2*1-6-4-2-3-5-6;;/h2*2-5H2,1H3;2*1H2. The van der Waals surface area contributed by atoms with Crippen molar-refractivity contribution in [3.63, 3.8) is 0 Å². The number of hydrogen-bond donors (Lipinski definition) is 0. The van der Waals surface area contributed by atoms with Crippen molar-refractivity contribution in [2.75, 3.05) is 40.3 Å². The molecule has 0 bridgehead atoms. The quantitative estimate of drug-likeness (QED) is 0.549. The molecular formula is C10H26N2O2. The van der Waals surface area contributed by atoms with E-state index in [4.69, 9.17) is 0 Å². The molecule has 0 saturated carbocycles. The maximum atomic E-state index is 2.36. The molecule has 2 fully saturated rings. The zero-order chi connectivity index (χ0) is 8.81. The van der Waals surface area contributed by atoms with Gasteiger partial charge < -0.3 is 20.8 Å². The van der Waals surface area contributed by atoms with Crippen molar-refractivity contribution in [2.45, 2.75) is 25.7 Å². The van der Waals surface area contributed by atoms with Gasteiger partial charge in [0.1, 0.15) is 0 Å². The van der Waals surface area contributed by atoms with Crippen LogP contribution >= 0.6 is 0 Å². The van der Waals surface area contributed by atoms with E-state index in [1.807, 2.05) is 0 Å². The van der Waals surface area contributed by atoms with E-state index in [-0.39, 0.29) is 11.0 Å². The van der Waals surface area contributed by atoms with Crippen LogP contribution in [0.2, 0.25) is 0 Å². The van der Waals surface area contributed by atoms with E-state index in [9.17, 15) is 0 Å². The number of rotatable bonds is 0. The van der Waals surface area contributed by atoms with Crippen LogP contribution < -0.4 is 0 Å². The Morgan fingerprint density at radius 2 is 0.786 bits per heavy atom. The van der Waals surface area contributed by atoms with Crippen molar-refractivity contribution in [1.29, 1.82) is 0 Å². The van der Waals surface area contributed by atoms with E-state index in [1.165, 1.54) is 51.9 Å². The molecule has 0 atom stereocenters. The van der Waals surface area contributed by atoms with Crippen LogP contribution in [-0.4, -0.2) is 61.0 Å². The fourth-order valence-electron chi connectivity index (χ4n) is 1.75. The van der Waals surface area contributed by atoms with Crippen LogP contribution in [0.3, 0.4) is 0 Å². The summed E-state index contributed by atoms with van der Waals surface area (Å²) in [6, 6.07) is 0. The summed E-state index contributed by atoms with van der Waals surface area (Å²) in [5.41, 5.74) is 0. The van der Waals surface area contributed by atoms with Crippen LogP contribution in [0.5, 0.6) is 0 Å². The van der Waals surface area contributed by atoms with Crippen LogP contribution in [0, 0.1) is 0 Å². The average Bonchev–Trinajstić information content (AvgIpc) is 2.63. The van der Waals surface area contributed by atoms with E-state index in [0.29, 0.717) is 0 Å². The third-order valence-electron chi connectivity index (χ3n) is 2.66. The molecule has 0 amide bonds. The highest BCUT2D eigenvalue weighted by Crippen LogP contribution is 2.02. The van der Waals surface area contributed by atoms with Gasteiger partial charge in [-0.05, 0) is 66.0 Å². The molecule has 0 aliphatic carbocycles. The minimum Gasteiger partial charge on any atom is -0.412 e. The van der Waals surface area contributed by atoms with Crippen molar-refractivity contribution >= 4 is 0 Å². The summed E-state index contributed by atoms with van der Waals surface area (Å²) in [6.07, 6.45) is 5.65. The fourth-order valence-corrected chi connectivity index (χ4v) is 1.75. The van der Waals surface area contributed by atoms with Crippen LogP contribution in [0.15, 0.2) is 0 Å². The highest BCUT2D eigenvalue weighted by molar-refractivity contribution is 4.59. The first kappa shape index (κ1) is 16.3. The zero-order valence-corrected chi connectivity index (χ0v) is 9.55. The van der Waals surface area contributed by atoms with Gasteiger partial charge in [-0.2, -0.15) is 0 Å². The Morgan fingerprint density at radius 3 is 0.857 bits per heavy atom. The molecule has 2 aliphatic heterocycles. The zero-order valence-electron chi connectivity index (χ0n) is 9.55. The molecule has 2 aliphatic rings. The van der Waals surface area contributed by atoms with Crippen molar-refractivity contribution in [3.8, 4) is 0 Å². The molecule has 88 valence electrons. The van der Waals surface area contributed by atoms with E-state index >= 15 is 0 Å². The van der Waals surface area contributed by atoms with Gasteiger partial charge in [-0.1, -0.05) is 0 Å². The maximum Gasteiger partial charge on any atom is -0.00213 e. The molecular weight excluding hydrogens is 180 g/mol. The third kappa shape index (κ3) is 7.26. The molecule has 2 rings (SSSR count). The molecule has 4 N–H and O–H groups in total. The van der Waals surface area contributed by atoms with Gasteiger partial charge in [-0.25, -0.2) is 0 Å². The first-order valence-corrected chi connectivity index (χ1v) is 5.16. The first-order valence-electron chi connectivity index (χ1n) is 5.16. The van der Waals surface area contributed by atoms with E-state index in [0.717, 1.165) is 0 Å². The van der Waals surface area contributed by atoms with Gasteiger partial charge in [-0.3, -0.25) is 0 Å². The lowest BCUT2D eigenvalue weighted by Gasteiger charge is -2.01. The molecule has 0 aromatic heterocycles. The summed E-state index contributed by atoms with van der Waals surface area (Å²) in [5.74, 6) is 0. The van der Waals surface area contributed by atoms with Crippen LogP contribution in [0.25, 0.3) is 0 Å². The number of nitrogens with zero attached hydrogens (tertiary/aromatic N) is 2. The molecule has 4 nitrogen and oxygen atoms in total. The second kappa shape index (κ2) is 9.40. The SMILES string of the molecule is CN1CCCC1.CN1CCCC1.O.O. The summed E-state index contributed by atoms with van der Waals surface area (Å²) in [7, 11) is 4.35. The third-order valence-corrected chi connectivity index (χ3v) is 2.66. The Morgan fingerprint density at radius 1 is 0.571 bits per heavy atom. The van der Waals surface area contributed by atoms with E-state index in [2.05, 4.69) is 23.9 Å². The predicted molar refractivity (Wildman–Crippen MR) is 60.7 cm³/mol. The van der Waals surface area contributed by atoms with Gasteiger partial charge in [-0.15, -0.1) is 0 Å². The molecule has 0 aromatic rings. The van der Waals surface area contributed by atoms with Crippen molar-refractivity contribution in [1.82, 2.24) is 9.80 Å². The Bertz CT molecular complexity index is 96.7. The molecule has 2 heterocycles. The molecule has 0 spiro atoms. The minimum absolute atomic E-state index is 0.